The van der Waals surface area contributed by atoms with Crippen molar-refractivity contribution in [2.24, 2.45) is 0 Å². The maximum Gasteiger partial charge on any atom is 0.241 e. The fourth-order valence-corrected chi connectivity index (χ4v) is 5.52. The number of hydrogen-bond donors (Lipinski definition) is 2. The van der Waals surface area contributed by atoms with Crippen LogP contribution in [0.4, 0.5) is 5.95 Å². The van der Waals surface area contributed by atoms with Crippen molar-refractivity contribution in [1.82, 2.24) is 19.5 Å². The van der Waals surface area contributed by atoms with Crippen LogP contribution in [0.5, 0.6) is 0 Å². The van der Waals surface area contributed by atoms with E-state index in [1.807, 2.05) is 6.20 Å². The molecule has 3 heterocycles. The average molecular weight is 464 g/mol. The lowest BCUT2D eigenvalue weighted by Crippen LogP contribution is -2.23. The monoisotopic (exact) mass is 463 g/mol. The van der Waals surface area contributed by atoms with Crippen molar-refractivity contribution < 1.29 is 9.84 Å². The molecule has 1 saturated heterocycles. The Hall–Kier alpha value is -2.48. The van der Waals surface area contributed by atoms with E-state index in [2.05, 4.69) is 57.0 Å². The minimum atomic E-state index is -0.175. The molecule has 182 valence electrons. The lowest BCUT2D eigenvalue weighted by molar-refractivity contribution is 0.121. The number of anilines is 1. The van der Waals surface area contributed by atoms with Crippen molar-refractivity contribution in [2.75, 3.05) is 32.1 Å². The summed E-state index contributed by atoms with van der Waals surface area (Å²) in [5.74, 6) is 0.996. The summed E-state index contributed by atoms with van der Waals surface area (Å²) < 4.78 is 7.34. The summed E-state index contributed by atoms with van der Waals surface area (Å²) in [6.45, 7) is 6.06. The lowest BCUT2D eigenvalue weighted by atomic mass is 9.85. The Morgan fingerprint density at radius 2 is 1.94 bits per heavy atom. The van der Waals surface area contributed by atoms with E-state index >= 15 is 0 Å². The second-order valence-corrected chi connectivity index (χ2v) is 10.1. The minimum absolute atomic E-state index is 0.119. The number of nitrogens with zero attached hydrogens (tertiary/aromatic N) is 4. The highest BCUT2D eigenvalue weighted by molar-refractivity contribution is 5.82. The van der Waals surface area contributed by atoms with Crippen LogP contribution in [0.25, 0.3) is 16.6 Å². The van der Waals surface area contributed by atoms with Gasteiger partial charge in [-0.1, -0.05) is 18.2 Å². The van der Waals surface area contributed by atoms with Gasteiger partial charge < -0.3 is 15.2 Å². The molecule has 7 heteroatoms. The Kier molecular flexibility index (Phi) is 7.13. The first-order valence-electron chi connectivity index (χ1n) is 12.7. The van der Waals surface area contributed by atoms with Gasteiger partial charge in [0.2, 0.25) is 5.95 Å². The number of hydrogen-bond acceptors (Lipinski definition) is 6. The molecular formula is C27H37N5O2. The van der Waals surface area contributed by atoms with Crippen molar-refractivity contribution >= 4 is 11.5 Å². The van der Waals surface area contributed by atoms with Gasteiger partial charge >= 0.3 is 0 Å². The van der Waals surface area contributed by atoms with Gasteiger partial charge in [0, 0.05) is 36.9 Å². The van der Waals surface area contributed by atoms with Gasteiger partial charge in [-0.05, 0) is 81.8 Å². The van der Waals surface area contributed by atoms with E-state index < -0.39 is 0 Å². The largest absolute Gasteiger partial charge is 0.393 e. The van der Waals surface area contributed by atoms with Gasteiger partial charge in [0.15, 0.2) is 0 Å². The smallest absolute Gasteiger partial charge is 0.241 e. The molecule has 7 nitrogen and oxygen atoms in total. The number of nitrogens with one attached hydrogen (secondary N) is 1. The zero-order valence-electron chi connectivity index (χ0n) is 20.4. The van der Waals surface area contributed by atoms with Gasteiger partial charge in [-0.25, -0.2) is 9.50 Å². The number of benzene rings is 1. The molecule has 1 saturated carbocycles. The molecule has 0 radical (unpaired) electrons. The molecule has 1 aromatic carbocycles. The third-order valence-electron chi connectivity index (χ3n) is 7.29. The van der Waals surface area contributed by atoms with E-state index in [0.29, 0.717) is 18.5 Å². The molecule has 1 aliphatic carbocycles. The van der Waals surface area contributed by atoms with Crippen LogP contribution >= 0.6 is 0 Å². The van der Waals surface area contributed by atoms with Crippen LogP contribution in [0.3, 0.4) is 0 Å². The normalized spacial score (nSPS) is 22.3. The first kappa shape index (κ1) is 23.3. The fourth-order valence-electron chi connectivity index (χ4n) is 5.52. The van der Waals surface area contributed by atoms with Crippen molar-refractivity contribution in [3.05, 3.63) is 47.8 Å². The second kappa shape index (κ2) is 10.4. The first-order chi connectivity index (χ1) is 16.6. The molecule has 34 heavy (non-hydrogen) atoms. The SMILES string of the molecule is COC[C@H](C)Nc1ncc2c(-c3cccc(CN4CCCC4)c3)cc(C3CCC(O)CC3)n2n1. The average Bonchev–Trinajstić information content (AvgIpc) is 3.48. The highest BCUT2D eigenvalue weighted by Gasteiger charge is 2.26. The van der Waals surface area contributed by atoms with Crippen LogP contribution in [-0.2, 0) is 11.3 Å². The van der Waals surface area contributed by atoms with Crippen molar-refractivity contribution in [1.29, 1.82) is 0 Å². The second-order valence-electron chi connectivity index (χ2n) is 10.1. The topological polar surface area (TPSA) is 74.9 Å². The molecule has 2 N–H and O–H groups in total. The summed E-state index contributed by atoms with van der Waals surface area (Å²) in [4.78, 5) is 7.18. The van der Waals surface area contributed by atoms with Crippen LogP contribution in [0.1, 0.15) is 62.6 Å². The first-order valence-corrected chi connectivity index (χ1v) is 12.7. The number of methoxy groups -OCH3 is 1. The van der Waals surface area contributed by atoms with Crippen molar-refractivity contribution in [2.45, 2.75) is 70.1 Å². The molecule has 0 amide bonds. The molecule has 2 aliphatic rings. The molecule has 0 bridgehead atoms. The number of aromatic nitrogens is 3. The Morgan fingerprint density at radius 1 is 1.15 bits per heavy atom. The van der Waals surface area contributed by atoms with E-state index in [0.717, 1.165) is 37.7 Å². The van der Waals surface area contributed by atoms with Gasteiger partial charge in [-0.15, -0.1) is 5.10 Å². The molecule has 0 spiro atoms. The number of ether oxygens (including phenoxy) is 1. The van der Waals surface area contributed by atoms with Gasteiger partial charge in [0.1, 0.15) is 0 Å². The third kappa shape index (κ3) is 5.11. The maximum absolute atomic E-state index is 10.1. The van der Waals surface area contributed by atoms with E-state index in [4.69, 9.17) is 9.84 Å². The van der Waals surface area contributed by atoms with Crippen LogP contribution in [0.15, 0.2) is 36.5 Å². The van der Waals surface area contributed by atoms with Crippen LogP contribution in [-0.4, -0.2) is 63.6 Å². The van der Waals surface area contributed by atoms with E-state index in [9.17, 15) is 5.11 Å². The van der Waals surface area contributed by atoms with Crippen LogP contribution in [0, 0.1) is 0 Å². The highest BCUT2D eigenvalue weighted by Crippen LogP contribution is 2.38. The molecule has 5 rings (SSSR count). The molecule has 0 unspecified atom stereocenters. The Labute approximate surface area is 202 Å². The zero-order valence-corrected chi connectivity index (χ0v) is 20.4. The number of fused-ring (bicyclic) bond motifs is 1. The maximum atomic E-state index is 10.1. The van der Waals surface area contributed by atoms with Gasteiger partial charge in [-0.3, -0.25) is 4.90 Å². The van der Waals surface area contributed by atoms with Gasteiger partial charge in [0.25, 0.3) is 0 Å². The Balaban J connectivity index is 1.51. The summed E-state index contributed by atoms with van der Waals surface area (Å²) in [5, 5.41) is 18.3. The van der Waals surface area contributed by atoms with Gasteiger partial charge in [-0.2, -0.15) is 0 Å². The molecular weight excluding hydrogens is 426 g/mol. The van der Waals surface area contributed by atoms with E-state index in [1.165, 1.54) is 48.3 Å². The zero-order chi connectivity index (χ0) is 23.5. The number of likely N-dealkylation sites (tertiary alicyclic amines) is 1. The molecule has 1 aliphatic heterocycles. The van der Waals surface area contributed by atoms with Crippen LogP contribution in [0.2, 0.25) is 0 Å². The number of aliphatic hydroxyl groups excluding tert-OH is 1. The minimum Gasteiger partial charge on any atom is -0.393 e. The standard InChI is InChI=1S/C27H37N5O2/c1-19(18-34-2)29-27-28-16-26-24(15-25(32(26)30-27)21-8-10-23(33)11-9-21)22-7-5-6-20(14-22)17-31-12-3-4-13-31/h5-7,14-16,19,21,23,33H,3-4,8-13,17-18H2,1-2H3,(H,29,30)/t19-,21?,23?/m0/s1. The van der Waals surface area contributed by atoms with E-state index in [-0.39, 0.29) is 12.1 Å². The number of rotatable bonds is 8. The predicted molar refractivity (Wildman–Crippen MR) is 135 cm³/mol. The lowest BCUT2D eigenvalue weighted by Gasteiger charge is -2.25. The van der Waals surface area contributed by atoms with E-state index in [1.54, 1.807) is 7.11 Å². The Morgan fingerprint density at radius 3 is 2.71 bits per heavy atom. The summed E-state index contributed by atoms with van der Waals surface area (Å²) in [5.41, 5.74) is 6.00. The predicted octanol–water partition coefficient (Wildman–Crippen LogP) is 4.46. The molecule has 1 atom stereocenters. The molecule has 3 aromatic rings. The summed E-state index contributed by atoms with van der Waals surface area (Å²) in [6, 6.07) is 11.4. The summed E-state index contributed by atoms with van der Waals surface area (Å²) >= 11 is 0. The van der Waals surface area contributed by atoms with Crippen LogP contribution < -0.4 is 5.32 Å². The summed E-state index contributed by atoms with van der Waals surface area (Å²) in [6.07, 6.45) is 8.03. The van der Waals surface area contributed by atoms with Crippen molar-refractivity contribution in [3.63, 3.8) is 0 Å². The fraction of sp³-hybridized carbons (Fsp3) is 0.556. The molecule has 2 fully saturated rings. The van der Waals surface area contributed by atoms with Gasteiger partial charge in [0.05, 0.1) is 24.4 Å². The third-order valence-corrected chi connectivity index (χ3v) is 7.29. The highest BCUT2D eigenvalue weighted by atomic mass is 16.5. The summed E-state index contributed by atoms with van der Waals surface area (Å²) in [7, 11) is 1.70. The quantitative estimate of drug-likeness (QED) is 0.514. The number of aliphatic hydroxyl groups is 1. The Bertz CT molecular complexity index is 1100. The van der Waals surface area contributed by atoms with Crippen molar-refractivity contribution in [3.8, 4) is 11.1 Å². The molecule has 2 aromatic heterocycles.